The summed E-state index contributed by atoms with van der Waals surface area (Å²) in [6.07, 6.45) is 0.921. The zero-order valence-corrected chi connectivity index (χ0v) is 7.56. The molecule has 2 N–H and O–H groups in total. The summed E-state index contributed by atoms with van der Waals surface area (Å²) in [5, 5.41) is 8.42. The third kappa shape index (κ3) is 1.94. The van der Waals surface area contributed by atoms with E-state index in [0.717, 1.165) is 11.4 Å². The van der Waals surface area contributed by atoms with E-state index in [1.54, 1.807) is 0 Å². The molecule has 1 heterocycles. The van der Waals surface area contributed by atoms with Crippen molar-refractivity contribution in [3.63, 3.8) is 0 Å². The van der Waals surface area contributed by atoms with Gasteiger partial charge < -0.3 is 5.73 Å². The third-order valence-electron chi connectivity index (χ3n) is 1.65. The van der Waals surface area contributed by atoms with Gasteiger partial charge in [-0.25, -0.2) is 0 Å². The van der Waals surface area contributed by atoms with Crippen molar-refractivity contribution >= 4 is 11.5 Å². The van der Waals surface area contributed by atoms with Gasteiger partial charge in [0.1, 0.15) is 5.01 Å². The lowest BCUT2D eigenvalue weighted by atomic mass is 9.90. The van der Waals surface area contributed by atoms with Crippen LogP contribution in [-0.4, -0.2) is 21.3 Å². The summed E-state index contributed by atoms with van der Waals surface area (Å²) >= 11 is 1.34. The molecule has 0 aromatic carbocycles. The lowest BCUT2D eigenvalue weighted by Crippen LogP contribution is -2.21. The Hall–Kier alpha value is -0.550. The Morgan fingerprint density at radius 1 is 1.55 bits per heavy atom. The van der Waals surface area contributed by atoms with Gasteiger partial charge in [-0.2, -0.15) is 0 Å². The average Bonchev–Trinajstić information content (AvgIpc) is 2.37. The van der Waals surface area contributed by atoms with E-state index in [1.165, 1.54) is 11.5 Å². The maximum Gasteiger partial charge on any atom is 0.143 e. The molecule has 62 valence electrons. The average molecular weight is 172 g/mol. The van der Waals surface area contributed by atoms with Crippen molar-refractivity contribution in [3.8, 4) is 0 Å². The first-order valence-corrected chi connectivity index (χ1v) is 4.30. The van der Waals surface area contributed by atoms with Gasteiger partial charge in [-0.15, -0.1) is 5.10 Å². The summed E-state index contributed by atoms with van der Waals surface area (Å²) in [5.74, 6) is 0. The summed E-state index contributed by atoms with van der Waals surface area (Å²) in [6.45, 7) is 4.87. The fourth-order valence-electron chi connectivity index (χ4n) is 0.861. The first kappa shape index (κ1) is 8.55. The van der Waals surface area contributed by atoms with Gasteiger partial charge >= 0.3 is 0 Å². The number of rotatable bonds is 3. The topological polar surface area (TPSA) is 64.7 Å². The molecule has 11 heavy (non-hydrogen) atoms. The predicted octanol–water partition coefficient (Wildman–Crippen LogP) is 0.559. The van der Waals surface area contributed by atoms with Crippen LogP contribution >= 0.6 is 11.5 Å². The van der Waals surface area contributed by atoms with Crippen molar-refractivity contribution in [3.05, 3.63) is 5.01 Å². The van der Waals surface area contributed by atoms with Gasteiger partial charge in [0.15, 0.2) is 0 Å². The molecule has 0 radical (unpaired) electrons. The molecule has 0 unspecified atom stereocenters. The molecular formula is C6H12N4S. The van der Waals surface area contributed by atoms with Gasteiger partial charge in [-0.1, -0.05) is 18.3 Å². The van der Waals surface area contributed by atoms with E-state index in [2.05, 4.69) is 28.6 Å². The molecule has 0 amide bonds. The van der Waals surface area contributed by atoms with Crippen molar-refractivity contribution < 1.29 is 0 Å². The van der Waals surface area contributed by atoms with Crippen LogP contribution in [0.1, 0.15) is 25.3 Å². The second-order valence-electron chi connectivity index (χ2n) is 3.09. The van der Waals surface area contributed by atoms with Crippen LogP contribution in [0, 0.1) is 0 Å². The Morgan fingerprint density at radius 2 is 2.27 bits per heavy atom. The number of nitrogens with zero attached hydrogens (tertiary/aromatic N) is 3. The van der Waals surface area contributed by atoms with Crippen molar-refractivity contribution in [1.29, 1.82) is 0 Å². The molecule has 0 saturated carbocycles. The largest absolute Gasteiger partial charge is 0.330 e. The van der Waals surface area contributed by atoms with Gasteiger partial charge in [0.2, 0.25) is 0 Å². The molecule has 0 aliphatic heterocycles. The molecule has 4 nitrogen and oxygen atoms in total. The Bertz CT molecular complexity index is 206. The molecule has 5 heteroatoms. The van der Waals surface area contributed by atoms with Crippen LogP contribution in [0.15, 0.2) is 0 Å². The van der Waals surface area contributed by atoms with Gasteiger partial charge in [0.05, 0.1) is 0 Å². The maximum atomic E-state index is 5.46. The van der Waals surface area contributed by atoms with E-state index >= 15 is 0 Å². The second kappa shape index (κ2) is 3.23. The zero-order valence-electron chi connectivity index (χ0n) is 6.74. The molecule has 0 aliphatic carbocycles. The van der Waals surface area contributed by atoms with E-state index < -0.39 is 0 Å². The van der Waals surface area contributed by atoms with E-state index in [-0.39, 0.29) is 5.41 Å². The van der Waals surface area contributed by atoms with Crippen LogP contribution in [0.3, 0.4) is 0 Å². The molecule has 0 aliphatic rings. The first-order valence-electron chi connectivity index (χ1n) is 3.52. The molecule has 0 spiro atoms. The number of nitrogens with two attached hydrogens (primary N) is 1. The number of hydrogen-bond donors (Lipinski definition) is 1. The Labute approximate surface area is 70.0 Å². The van der Waals surface area contributed by atoms with Gasteiger partial charge in [0, 0.05) is 16.9 Å². The minimum Gasteiger partial charge on any atom is -0.330 e. The molecule has 1 aromatic heterocycles. The van der Waals surface area contributed by atoms with Crippen molar-refractivity contribution in [2.24, 2.45) is 5.73 Å². The quantitative estimate of drug-likeness (QED) is 0.723. The monoisotopic (exact) mass is 172 g/mol. The van der Waals surface area contributed by atoms with Crippen molar-refractivity contribution in [2.45, 2.75) is 25.7 Å². The molecule has 0 bridgehead atoms. The number of aromatic nitrogens is 3. The Morgan fingerprint density at radius 3 is 2.73 bits per heavy atom. The molecule has 0 atom stereocenters. The smallest absolute Gasteiger partial charge is 0.143 e. The summed E-state index contributed by atoms with van der Waals surface area (Å²) < 4.78 is 3.71. The highest BCUT2D eigenvalue weighted by Gasteiger charge is 2.23. The summed E-state index contributed by atoms with van der Waals surface area (Å²) in [4.78, 5) is 0. The highest BCUT2D eigenvalue weighted by molar-refractivity contribution is 7.05. The van der Waals surface area contributed by atoms with E-state index in [9.17, 15) is 0 Å². The van der Waals surface area contributed by atoms with Crippen LogP contribution in [0.25, 0.3) is 0 Å². The lowest BCUT2D eigenvalue weighted by Gasteiger charge is -2.18. The van der Waals surface area contributed by atoms with E-state index in [4.69, 9.17) is 5.73 Å². The maximum absolute atomic E-state index is 5.46. The minimum atomic E-state index is 0.0307. The van der Waals surface area contributed by atoms with Crippen molar-refractivity contribution in [1.82, 2.24) is 14.8 Å². The zero-order chi connectivity index (χ0) is 8.32. The SMILES string of the molecule is CC(C)(CCN)c1nnns1. The Kier molecular flexibility index (Phi) is 2.51. The van der Waals surface area contributed by atoms with Gasteiger partial charge in [-0.3, -0.25) is 0 Å². The van der Waals surface area contributed by atoms with Crippen LogP contribution in [0.2, 0.25) is 0 Å². The molecular weight excluding hydrogens is 160 g/mol. The molecule has 0 saturated heterocycles. The minimum absolute atomic E-state index is 0.0307. The van der Waals surface area contributed by atoms with Gasteiger partial charge in [0.25, 0.3) is 0 Å². The predicted molar refractivity (Wildman–Crippen MR) is 44.4 cm³/mol. The summed E-state index contributed by atoms with van der Waals surface area (Å²) in [5.41, 5.74) is 5.49. The van der Waals surface area contributed by atoms with Crippen LogP contribution < -0.4 is 5.73 Å². The molecule has 1 rings (SSSR count). The van der Waals surface area contributed by atoms with E-state index in [1.807, 2.05) is 0 Å². The fourth-order valence-corrected chi connectivity index (χ4v) is 1.43. The highest BCUT2D eigenvalue weighted by Crippen LogP contribution is 2.25. The van der Waals surface area contributed by atoms with E-state index in [0.29, 0.717) is 6.54 Å². The molecule has 0 fully saturated rings. The summed E-state index contributed by atoms with van der Waals surface area (Å²) in [6, 6.07) is 0. The van der Waals surface area contributed by atoms with Gasteiger partial charge in [-0.05, 0) is 18.2 Å². The Balaban J connectivity index is 2.73. The highest BCUT2D eigenvalue weighted by atomic mass is 32.1. The standard InChI is InChI=1S/C6H12N4S/c1-6(2,3-4-7)5-8-9-10-11-5/h3-4,7H2,1-2H3. The molecule has 1 aromatic rings. The van der Waals surface area contributed by atoms with Crippen LogP contribution in [0.5, 0.6) is 0 Å². The van der Waals surface area contributed by atoms with Crippen molar-refractivity contribution in [2.75, 3.05) is 6.54 Å². The normalized spacial score (nSPS) is 11.9. The lowest BCUT2D eigenvalue weighted by molar-refractivity contribution is 0.480. The first-order chi connectivity index (χ1) is 5.17. The summed E-state index contributed by atoms with van der Waals surface area (Å²) in [7, 11) is 0. The van der Waals surface area contributed by atoms with Crippen LogP contribution in [-0.2, 0) is 5.41 Å². The van der Waals surface area contributed by atoms with Crippen LogP contribution in [0.4, 0.5) is 0 Å². The number of hydrogen-bond acceptors (Lipinski definition) is 5. The third-order valence-corrected chi connectivity index (χ3v) is 2.61. The fraction of sp³-hybridized carbons (Fsp3) is 0.833. The second-order valence-corrected chi connectivity index (χ2v) is 3.82.